The standard InChI is InChI=1S/C24H18N2O2/c27-22(18-11-5-2-6-12-18)26-21-14-8-7-13-19(21)24(23(26)28)16-15-20(25-24)17-9-3-1-4-10-17/h1-14H,15-16H2. The fourth-order valence-corrected chi connectivity index (χ4v) is 4.17. The summed E-state index contributed by atoms with van der Waals surface area (Å²) in [6.45, 7) is 0. The van der Waals surface area contributed by atoms with Crippen molar-refractivity contribution in [3.05, 3.63) is 102 Å². The van der Waals surface area contributed by atoms with Crippen LogP contribution < -0.4 is 4.90 Å². The summed E-state index contributed by atoms with van der Waals surface area (Å²) >= 11 is 0. The lowest BCUT2D eigenvalue weighted by Gasteiger charge is -2.20. The normalized spacial score (nSPS) is 20.4. The summed E-state index contributed by atoms with van der Waals surface area (Å²) in [7, 11) is 0. The third-order valence-electron chi connectivity index (χ3n) is 5.53. The summed E-state index contributed by atoms with van der Waals surface area (Å²) in [6, 6.07) is 26.4. The maximum absolute atomic E-state index is 13.6. The molecule has 0 saturated heterocycles. The number of aliphatic imine (C=N–C) groups is 1. The third-order valence-corrected chi connectivity index (χ3v) is 5.53. The molecule has 0 radical (unpaired) electrons. The Labute approximate surface area is 163 Å². The Morgan fingerprint density at radius 1 is 0.857 bits per heavy atom. The van der Waals surface area contributed by atoms with Crippen molar-refractivity contribution in [2.24, 2.45) is 4.99 Å². The van der Waals surface area contributed by atoms with Gasteiger partial charge in [-0.15, -0.1) is 0 Å². The smallest absolute Gasteiger partial charge is 0.266 e. The summed E-state index contributed by atoms with van der Waals surface area (Å²) < 4.78 is 0. The molecule has 2 heterocycles. The van der Waals surface area contributed by atoms with Gasteiger partial charge in [-0.05, 0) is 36.6 Å². The number of imide groups is 1. The highest BCUT2D eigenvalue weighted by Crippen LogP contribution is 2.49. The van der Waals surface area contributed by atoms with Gasteiger partial charge in [0.25, 0.3) is 11.8 Å². The van der Waals surface area contributed by atoms with E-state index >= 15 is 0 Å². The second kappa shape index (κ2) is 6.27. The van der Waals surface area contributed by atoms with E-state index in [-0.39, 0.29) is 11.8 Å². The number of para-hydroxylation sites is 1. The number of carbonyl (C=O) groups is 2. The lowest BCUT2D eigenvalue weighted by Crippen LogP contribution is -2.41. The fraction of sp³-hybridized carbons (Fsp3) is 0.125. The van der Waals surface area contributed by atoms with Gasteiger partial charge >= 0.3 is 0 Å². The van der Waals surface area contributed by atoms with E-state index in [4.69, 9.17) is 4.99 Å². The lowest BCUT2D eigenvalue weighted by molar-refractivity contribution is -0.122. The molecule has 0 saturated carbocycles. The molecule has 2 aliphatic rings. The molecular formula is C24H18N2O2. The number of hydrogen-bond acceptors (Lipinski definition) is 3. The van der Waals surface area contributed by atoms with Crippen molar-refractivity contribution in [2.75, 3.05) is 4.90 Å². The topological polar surface area (TPSA) is 49.7 Å². The number of carbonyl (C=O) groups excluding carboxylic acids is 2. The number of hydrogen-bond donors (Lipinski definition) is 0. The molecule has 28 heavy (non-hydrogen) atoms. The van der Waals surface area contributed by atoms with Crippen LogP contribution in [0.15, 0.2) is 89.9 Å². The molecule has 3 aromatic carbocycles. The zero-order valence-electron chi connectivity index (χ0n) is 15.2. The number of rotatable bonds is 2. The molecule has 1 atom stereocenters. The maximum Gasteiger partial charge on any atom is 0.266 e. The Morgan fingerprint density at radius 3 is 2.25 bits per heavy atom. The molecule has 0 aliphatic carbocycles. The Kier molecular flexibility index (Phi) is 3.72. The number of nitrogens with zero attached hydrogens (tertiary/aromatic N) is 2. The van der Waals surface area contributed by atoms with Crippen LogP contribution in [0.5, 0.6) is 0 Å². The van der Waals surface area contributed by atoms with E-state index in [2.05, 4.69) is 0 Å². The van der Waals surface area contributed by atoms with Crippen LogP contribution in [0.1, 0.15) is 34.3 Å². The first-order valence-electron chi connectivity index (χ1n) is 9.38. The van der Waals surface area contributed by atoms with E-state index in [0.717, 1.165) is 16.8 Å². The predicted molar refractivity (Wildman–Crippen MR) is 109 cm³/mol. The minimum Gasteiger partial charge on any atom is -0.271 e. The number of benzene rings is 3. The zero-order chi connectivity index (χ0) is 19.1. The van der Waals surface area contributed by atoms with Gasteiger partial charge in [-0.1, -0.05) is 66.7 Å². The van der Waals surface area contributed by atoms with Gasteiger partial charge in [-0.3, -0.25) is 14.6 Å². The first kappa shape index (κ1) is 16.6. The van der Waals surface area contributed by atoms with Crippen molar-refractivity contribution in [1.82, 2.24) is 0 Å². The van der Waals surface area contributed by atoms with Crippen molar-refractivity contribution in [2.45, 2.75) is 18.4 Å². The molecular weight excluding hydrogens is 348 g/mol. The van der Waals surface area contributed by atoms with Crippen molar-refractivity contribution in [3.8, 4) is 0 Å². The highest BCUT2D eigenvalue weighted by atomic mass is 16.2. The van der Waals surface area contributed by atoms with Gasteiger partial charge in [-0.2, -0.15) is 0 Å². The van der Waals surface area contributed by atoms with Gasteiger partial charge in [0.1, 0.15) is 0 Å². The highest BCUT2D eigenvalue weighted by molar-refractivity contribution is 6.28. The molecule has 2 amide bonds. The van der Waals surface area contributed by atoms with Gasteiger partial charge < -0.3 is 0 Å². The van der Waals surface area contributed by atoms with Gasteiger partial charge in [0.2, 0.25) is 0 Å². The molecule has 0 N–H and O–H groups in total. The molecule has 0 fully saturated rings. The Morgan fingerprint density at radius 2 is 1.50 bits per heavy atom. The Hall–Kier alpha value is -3.53. The first-order valence-corrected chi connectivity index (χ1v) is 9.38. The van der Waals surface area contributed by atoms with Gasteiger partial charge in [0.15, 0.2) is 5.54 Å². The van der Waals surface area contributed by atoms with Crippen LogP contribution in [0.3, 0.4) is 0 Å². The average molecular weight is 366 g/mol. The van der Waals surface area contributed by atoms with Crippen LogP contribution in [0, 0.1) is 0 Å². The van der Waals surface area contributed by atoms with Gasteiger partial charge in [0, 0.05) is 16.8 Å². The van der Waals surface area contributed by atoms with Crippen molar-refractivity contribution in [3.63, 3.8) is 0 Å². The predicted octanol–water partition coefficient (Wildman–Crippen LogP) is 4.35. The summed E-state index contributed by atoms with van der Waals surface area (Å²) in [5, 5.41) is 0. The fourth-order valence-electron chi connectivity index (χ4n) is 4.17. The number of fused-ring (bicyclic) bond motifs is 2. The number of amides is 2. The molecule has 5 rings (SSSR count). The van der Waals surface area contributed by atoms with Crippen LogP contribution in [0.2, 0.25) is 0 Å². The van der Waals surface area contributed by atoms with E-state index in [1.165, 1.54) is 4.90 Å². The van der Waals surface area contributed by atoms with Crippen LogP contribution in [-0.2, 0) is 10.3 Å². The average Bonchev–Trinajstić information content (AvgIpc) is 3.31. The second-order valence-corrected chi connectivity index (χ2v) is 7.11. The Bertz CT molecular complexity index is 1110. The summed E-state index contributed by atoms with van der Waals surface area (Å²) in [5.74, 6) is -0.563. The molecule has 2 aliphatic heterocycles. The molecule has 4 nitrogen and oxygen atoms in total. The van der Waals surface area contributed by atoms with Crippen molar-refractivity contribution in [1.29, 1.82) is 0 Å². The number of anilines is 1. The zero-order valence-corrected chi connectivity index (χ0v) is 15.2. The minimum atomic E-state index is -1.01. The largest absolute Gasteiger partial charge is 0.271 e. The van der Waals surface area contributed by atoms with Crippen LogP contribution in [-0.4, -0.2) is 17.5 Å². The third kappa shape index (κ3) is 2.34. The molecule has 3 aromatic rings. The Balaban J connectivity index is 1.63. The van der Waals surface area contributed by atoms with E-state index in [1.54, 1.807) is 24.3 Å². The van der Waals surface area contributed by atoms with Crippen LogP contribution in [0.25, 0.3) is 0 Å². The second-order valence-electron chi connectivity index (χ2n) is 7.11. The first-order chi connectivity index (χ1) is 13.7. The molecule has 0 aromatic heterocycles. The quantitative estimate of drug-likeness (QED) is 0.633. The van der Waals surface area contributed by atoms with Gasteiger partial charge in [-0.25, -0.2) is 4.90 Å². The van der Waals surface area contributed by atoms with E-state index in [1.807, 2.05) is 60.7 Å². The molecule has 1 unspecified atom stereocenters. The highest BCUT2D eigenvalue weighted by Gasteiger charge is 2.55. The molecule has 4 heteroatoms. The van der Waals surface area contributed by atoms with Crippen molar-refractivity contribution >= 4 is 23.2 Å². The molecule has 1 spiro atoms. The monoisotopic (exact) mass is 366 g/mol. The van der Waals surface area contributed by atoms with Gasteiger partial charge in [0.05, 0.1) is 5.69 Å². The minimum absolute atomic E-state index is 0.256. The summed E-state index contributed by atoms with van der Waals surface area (Å²) in [5.41, 5.74) is 2.88. The van der Waals surface area contributed by atoms with E-state index in [9.17, 15) is 9.59 Å². The maximum atomic E-state index is 13.6. The van der Waals surface area contributed by atoms with E-state index < -0.39 is 5.54 Å². The van der Waals surface area contributed by atoms with Crippen LogP contribution >= 0.6 is 0 Å². The van der Waals surface area contributed by atoms with E-state index in [0.29, 0.717) is 24.1 Å². The SMILES string of the molecule is O=C(c1ccccc1)N1C(=O)C2(CCC(c3ccccc3)=N2)c2ccccc21. The van der Waals surface area contributed by atoms with Crippen molar-refractivity contribution < 1.29 is 9.59 Å². The summed E-state index contributed by atoms with van der Waals surface area (Å²) in [6.07, 6.45) is 1.28. The summed E-state index contributed by atoms with van der Waals surface area (Å²) in [4.78, 5) is 33.0. The lowest BCUT2D eigenvalue weighted by atomic mass is 9.89. The molecule has 0 bridgehead atoms. The van der Waals surface area contributed by atoms with Crippen LogP contribution in [0.4, 0.5) is 5.69 Å². The molecule has 136 valence electrons.